The van der Waals surface area contributed by atoms with E-state index in [2.05, 4.69) is 0 Å². The number of carbonyl (C=O) groups is 2. The van der Waals surface area contributed by atoms with E-state index in [4.69, 9.17) is 0 Å². The highest BCUT2D eigenvalue weighted by Crippen LogP contribution is 2.31. The zero-order valence-electron chi connectivity index (χ0n) is 9.65. The number of thioether (sulfide) groups is 1. The van der Waals surface area contributed by atoms with Crippen LogP contribution in [0.4, 0.5) is 10.1 Å². The summed E-state index contributed by atoms with van der Waals surface area (Å²) in [5.41, 5.74) is 0.716. The Morgan fingerprint density at radius 1 is 1.56 bits per heavy atom. The smallest absolute Gasteiger partial charge is 0.228 e. The molecule has 1 saturated heterocycles. The van der Waals surface area contributed by atoms with Gasteiger partial charge in [-0.3, -0.25) is 9.59 Å². The molecule has 1 aromatic carbocycles. The van der Waals surface area contributed by atoms with Gasteiger partial charge in [0.15, 0.2) is 5.12 Å². The van der Waals surface area contributed by atoms with Crippen LogP contribution in [0, 0.1) is 9.39 Å². The normalized spacial score (nSPS) is 19.4. The summed E-state index contributed by atoms with van der Waals surface area (Å²) in [6, 6.07) is 4.35. The molecular weight excluding hydrogens is 368 g/mol. The summed E-state index contributed by atoms with van der Waals surface area (Å²) in [7, 11) is 0. The second-order valence-electron chi connectivity index (χ2n) is 4.04. The summed E-state index contributed by atoms with van der Waals surface area (Å²) >= 11 is 3.21. The maximum Gasteiger partial charge on any atom is 0.228 e. The monoisotopic (exact) mass is 379 g/mol. The molecule has 0 N–H and O–H groups in total. The molecule has 0 aromatic heterocycles. The molecule has 1 fully saturated rings. The van der Waals surface area contributed by atoms with E-state index in [1.807, 2.05) is 22.6 Å². The van der Waals surface area contributed by atoms with Gasteiger partial charge in [-0.25, -0.2) is 4.39 Å². The van der Waals surface area contributed by atoms with Crippen LogP contribution in [0.5, 0.6) is 0 Å². The third-order valence-electron chi connectivity index (χ3n) is 2.62. The molecule has 0 bridgehead atoms. The highest BCUT2D eigenvalue weighted by Gasteiger charge is 2.32. The Hall–Kier alpha value is -0.630. The molecule has 1 aliphatic heterocycles. The number of benzene rings is 1. The van der Waals surface area contributed by atoms with Gasteiger partial charge in [0.25, 0.3) is 0 Å². The van der Waals surface area contributed by atoms with Crippen molar-refractivity contribution in [1.82, 2.24) is 0 Å². The van der Waals surface area contributed by atoms with Crippen LogP contribution < -0.4 is 4.90 Å². The molecule has 1 heterocycles. The lowest BCUT2D eigenvalue weighted by Gasteiger charge is -2.18. The minimum atomic E-state index is -0.315. The summed E-state index contributed by atoms with van der Waals surface area (Å²) in [5.74, 6) is -0.331. The van der Waals surface area contributed by atoms with E-state index in [1.165, 1.54) is 30.8 Å². The molecule has 2 rings (SSSR count). The predicted octanol–water partition coefficient (Wildman–Crippen LogP) is 2.82. The van der Waals surface area contributed by atoms with E-state index < -0.39 is 0 Å². The average Bonchev–Trinajstić information content (AvgIpc) is 2.58. The predicted molar refractivity (Wildman–Crippen MR) is 78.1 cm³/mol. The number of halogens is 2. The summed E-state index contributed by atoms with van der Waals surface area (Å²) in [6.45, 7) is 2.00. The third-order valence-corrected chi connectivity index (χ3v) is 4.47. The van der Waals surface area contributed by atoms with E-state index in [0.717, 1.165) is 0 Å². The second kappa shape index (κ2) is 5.56. The fourth-order valence-corrected chi connectivity index (χ4v) is 3.61. The number of rotatable bonds is 2. The molecule has 6 heteroatoms. The number of nitrogens with zero attached hydrogens (tertiary/aromatic N) is 1. The van der Waals surface area contributed by atoms with Crippen LogP contribution in [0.3, 0.4) is 0 Å². The van der Waals surface area contributed by atoms with Crippen LogP contribution in [0.25, 0.3) is 0 Å². The molecule has 96 valence electrons. The topological polar surface area (TPSA) is 37.4 Å². The first-order chi connectivity index (χ1) is 8.47. The fourth-order valence-electron chi connectivity index (χ4n) is 1.92. The van der Waals surface area contributed by atoms with Gasteiger partial charge < -0.3 is 4.90 Å². The van der Waals surface area contributed by atoms with Crippen molar-refractivity contribution in [3.05, 3.63) is 27.6 Å². The first-order valence-corrected chi connectivity index (χ1v) is 7.36. The van der Waals surface area contributed by atoms with Crippen LogP contribution in [0.15, 0.2) is 18.2 Å². The van der Waals surface area contributed by atoms with Crippen LogP contribution in [-0.2, 0) is 9.59 Å². The van der Waals surface area contributed by atoms with Gasteiger partial charge in [0.1, 0.15) is 5.82 Å². The van der Waals surface area contributed by atoms with Crippen molar-refractivity contribution >= 4 is 51.1 Å². The van der Waals surface area contributed by atoms with Crippen LogP contribution in [0.1, 0.15) is 13.3 Å². The summed E-state index contributed by atoms with van der Waals surface area (Å²) in [4.78, 5) is 24.6. The molecular formula is C12H11FINO2S. The molecule has 0 saturated carbocycles. The molecule has 0 aliphatic carbocycles. The maximum atomic E-state index is 13.0. The van der Waals surface area contributed by atoms with Gasteiger partial charge in [0.05, 0.1) is 5.69 Å². The highest BCUT2D eigenvalue weighted by atomic mass is 127. The van der Waals surface area contributed by atoms with E-state index in [1.54, 1.807) is 11.0 Å². The number of hydrogen-bond donors (Lipinski definition) is 0. The molecule has 1 unspecified atom stereocenters. The largest absolute Gasteiger partial charge is 0.310 e. The van der Waals surface area contributed by atoms with Crippen molar-refractivity contribution in [3.8, 4) is 0 Å². The summed E-state index contributed by atoms with van der Waals surface area (Å²) in [5, 5.41) is 0.0132. The lowest BCUT2D eigenvalue weighted by atomic mass is 10.3. The maximum absolute atomic E-state index is 13.0. The molecule has 1 aromatic rings. The van der Waals surface area contributed by atoms with Crippen molar-refractivity contribution in [2.24, 2.45) is 0 Å². The lowest BCUT2D eigenvalue weighted by Crippen LogP contribution is -2.25. The molecule has 18 heavy (non-hydrogen) atoms. The first-order valence-electron chi connectivity index (χ1n) is 5.40. The summed E-state index contributed by atoms with van der Waals surface area (Å²) < 4.78 is 13.7. The van der Waals surface area contributed by atoms with Gasteiger partial charge in [-0.2, -0.15) is 0 Å². The SMILES string of the molecule is CC(=O)SC1CC(=O)N(c2ccc(F)cc2I)C1. The zero-order valence-corrected chi connectivity index (χ0v) is 12.6. The minimum absolute atomic E-state index is 0.00384. The van der Waals surface area contributed by atoms with Crippen molar-refractivity contribution in [1.29, 1.82) is 0 Å². The second-order valence-corrected chi connectivity index (χ2v) is 6.68. The Kier molecular flexibility index (Phi) is 4.26. The van der Waals surface area contributed by atoms with Crippen LogP contribution in [0.2, 0.25) is 0 Å². The number of carbonyl (C=O) groups excluding carboxylic acids is 2. The minimum Gasteiger partial charge on any atom is -0.310 e. The van der Waals surface area contributed by atoms with Crippen molar-refractivity contribution in [2.75, 3.05) is 11.4 Å². The summed E-state index contributed by atoms with van der Waals surface area (Å²) in [6.07, 6.45) is 0.359. The molecule has 3 nitrogen and oxygen atoms in total. The Morgan fingerprint density at radius 3 is 2.89 bits per heavy atom. The van der Waals surface area contributed by atoms with Crippen molar-refractivity contribution in [2.45, 2.75) is 18.6 Å². The van der Waals surface area contributed by atoms with Gasteiger partial charge in [-0.1, -0.05) is 11.8 Å². The third kappa shape index (κ3) is 3.03. The quantitative estimate of drug-likeness (QED) is 0.742. The molecule has 0 radical (unpaired) electrons. The van der Waals surface area contributed by atoms with E-state index >= 15 is 0 Å². The van der Waals surface area contributed by atoms with Gasteiger partial charge in [-0.05, 0) is 40.8 Å². The van der Waals surface area contributed by atoms with Gasteiger partial charge in [0, 0.05) is 28.7 Å². The van der Waals surface area contributed by atoms with E-state index in [9.17, 15) is 14.0 Å². The van der Waals surface area contributed by atoms with Crippen molar-refractivity contribution < 1.29 is 14.0 Å². The Morgan fingerprint density at radius 2 is 2.28 bits per heavy atom. The van der Waals surface area contributed by atoms with Crippen LogP contribution >= 0.6 is 34.4 Å². The standard InChI is InChI=1S/C12H11FINO2S/c1-7(16)18-9-5-12(17)15(6-9)11-3-2-8(13)4-10(11)14/h2-4,9H,5-6H2,1H3. The molecule has 0 spiro atoms. The lowest BCUT2D eigenvalue weighted by molar-refractivity contribution is -0.117. The van der Waals surface area contributed by atoms with Gasteiger partial charge in [0.2, 0.25) is 5.91 Å². The first kappa shape index (κ1) is 13.8. The van der Waals surface area contributed by atoms with Gasteiger partial charge in [-0.15, -0.1) is 0 Å². The van der Waals surface area contributed by atoms with Gasteiger partial charge >= 0.3 is 0 Å². The van der Waals surface area contributed by atoms with Crippen molar-refractivity contribution in [3.63, 3.8) is 0 Å². The van der Waals surface area contributed by atoms with E-state index in [-0.39, 0.29) is 22.1 Å². The Labute approximate surface area is 122 Å². The number of hydrogen-bond acceptors (Lipinski definition) is 3. The number of amides is 1. The van der Waals surface area contributed by atoms with Crippen LogP contribution in [-0.4, -0.2) is 22.8 Å². The Balaban J connectivity index is 2.19. The zero-order chi connectivity index (χ0) is 13.3. The molecule has 1 amide bonds. The highest BCUT2D eigenvalue weighted by molar-refractivity contribution is 14.1. The Bertz CT molecular complexity index is 509. The fraction of sp³-hybridized carbons (Fsp3) is 0.333. The molecule has 1 aliphatic rings. The van der Waals surface area contributed by atoms with E-state index in [0.29, 0.717) is 22.2 Å². The number of anilines is 1. The molecule has 1 atom stereocenters. The average molecular weight is 379 g/mol.